The molecule has 0 amide bonds. The lowest BCUT2D eigenvalue weighted by Crippen LogP contribution is -2.12. The molecule has 0 radical (unpaired) electrons. The van der Waals surface area contributed by atoms with Crippen LogP contribution in [0.1, 0.15) is 38.2 Å². The summed E-state index contributed by atoms with van der Waals surface area (Å²) in [5.41, 5.74) is 3.32. The van der Waals surface area contributed by atoms with E-state index in [-0.39, 0.29) is 0 Å². The average Bonchev–Trinajstić information content (AvgIpc) is 2.36. The van der Waals surface area contributed by atoms with Crippen LogP contribution in [0.4, 0.5) is 8.78 Å². The molecule has 0 aliphatic heterocycles. The monoisotopic (exact) mass is 274 g/mol. The van der Waals surface area contributed by atoms with E-state index in [4.69, 9.17) is 0 Å². The lowest BCUT2D eigenvalue weighted by molar-refractivity contribution is 0.103. The minimum Gasteiger partial charge on any atom is -0.288 e. The first-order chi connectivity index (χ1) is 9.34. The summed E-state index contributed by atoms with van der Waals surface area (Å²) in [5.74, 6) is -2.25. The molecule has 3 heteroatoms. The van der Waals surface area contributed by atoms with Crippen LogP contribution in [0.3, 0.4) is 0 Å². The van der Waals surface area contributed by atoms with Crippen molar-refractivity contribution in [2.24, 2.45) is 0 Å². The largest absolute Gasteiger partial charge is 0.288 e. The molecule has 2 aromatic carbocycles. The molecule has 0 fully saturated rings. The van der Waals surface area contributed by atoms with Gasteiger partial charge in [-0.25, -0.2) is 8.78 Å². The number of carbonyl (C=O) groups is 1. The molecule has 0 saturated carbocycles. The second kappa shape index (κ2) is 5.16. The molecule has 0 N–H and O–H groups in total. The van der Waals surface area contributed by atoms with E-state index in [9.17, 15) is 13.6 Å². The fourth-order valence-electron chi connectivity index (χ4n) is 2.40. The summed E-state index contributed by atoms with van der Waals surface area (Å²) in [6, 6.07) is 5.43. The zero-order valence-electron chi connectivity index (χ0n) is 12.0. The number of rotatable bonds is 2. The average molecular weight is 274 g/mol. The van der Waals surface area contributed by atoms with Crippen molar-refractivity contribution in [3.8, 4) is 0 Å². The number of halogens is 2. The molecule has 0 aliphatic carbocycles. The van der Waals surface area contributed by atoms with Gasteiger partial charge in [-0.15, -0.1) is 0 Å². The summed E-state index contributed by atoms with van der Waals surface area (Å²) in [5, 5.41) is 0. The van der Waals surface area contributed by atoms with E-state index in [1.807, 2.05) is 19.9 Å². The van der Waals surface area contributed by atoms with Crippen molar-refractivity contribution >= 4 is 5.78 Å². The van der Waals surface area contributed by atoms with E-state index in [0.29, 0.717) is 5.56 Å². The highest BCUT2D eigenvalue weighted by Gasteiger charge is 2.23. The first-order valence-electron chi connectivity index (χ1n) is 6.40. The molecule has 2 rings (SSSR count). The van der Waals surface area contributed by atoms with Crippen molar-refractivity contribution in [3.05, 3.63) is 69.3 Å². The Kier molecular flexibility index (Phi) is 3.71. The van der Waals surface area contributed by atoms with Gasteiger partial charge in [0.05, 0.1) is 5.56 Å². The highest BCUT2D eigenvalue weighted by atomic mass is 19.1. The molecule has 0 unspecified atom stereocenters. The van der Waals surface area contributed by atoms with Gasteiger partial charge in [-0.05, 0) is 62.1 Å². The normalized spacial score (nSPS) is 10.7. The molecule has 0 heterocycles. The zero-order valence-corrected chi connectivity index (χ0v) is 12.0. The summed E-state index contributed by atoms with van der Waals surface area (Å²) in [7, 11) is 0. The summed E-state index contributed by atoms with van der Waals surface area (Å²) in [6.07, 6.45) is 0. The fraction of sp³-hybridized carbons (Fsp3) is 0.235. The van der Waals surface area contributed by atoms with Gasteiger partial charge >= 0.3 is 0 Å². The number of hydrogen-bond acceptors (Lipinski definition) is 1. The van der Waals surface area contributed by atoms with Crippen LogP contribution in [0.2, 0.25) is 0 Å². The van der Waals surface area contributed by atoms with Crippen LogP contribution in [0.25, 0.3) is 0 Å². The van der Waals surface area contributed by atoms with Gasteiger partial charge in [0.15, 0.2) is 5.78 Å². The van der Waals surface area contributed by atoms with Gasteiger partial charge in [-0.1, -0.05) is 12.1 Å². The van der Waals surface area contributed by atoms with Crippen molar-refractivity contribution < 1.29 is 13.6 Å². The lowest BCUT2D eigenvalue weighted by atomic mass is 9.89. The smallest absolute Gasteiger partial charge is 0.199 e. The van der Waals surface area contributed by atoms with Gasteiger partial charge in [0.1, 0.15) is 11.6 Å². The van der Waals surface area contributed by atoms with Crippen molar-refractivity contribution in [2.75, 3.05) is 0 Å². The molecular weight excluding hydrogens is 258 g/mol. The fourth-order valence-corrected chi connectivity index (χ4v) is 2.40. The molecule has 104 valence electrons. The standard InChI is InChI=1S/C17H16F2O/c1-9-8-10(2)12(4)15(11(9)3)17(20)16-13(18)6-5-7-14(16)19/h5-8H,1-4H3. The number of ketones is 1. The predicted octanol–water partition coefficient (Wildman–Crippen LogP) is 4.43. The van der Waals surface area contributed by atoms with Crippen molar-refractivity contribution in [1.29, 1.82) is 0 Å². The Morgan fingerprint density at radius 2 is 1.30 bits per heavy atom. The predicted molar refractivity (Wildman–Crippen MR) is 75.2 cm³/mol. The van der Waals surface area contributed by atoms with E-state index in [2.05, 4.69) is 0 Å². The van der Waals surface area contributed by atoms with Crippen LogP contribution in [-0.4, -0.2) is 5.78 Å². The second-order valence-electron chi connectivity index (χ2n) is 5.06. The molecular formula is C17H16F2O. The zero-order chi connectivity index (χ0) is 15.0. The highest BCUT2D eigenvalue weighted by molar-refractivity contribution is 6.11. The third-order valence-corrected chi connectivity index (χ3v) is 3.78. The van der Waals surface area contributed by atoms with Crippen LogP contribution >= 0.6 is 0 Å². The Morgan fingerprint density at radius 3 is 1.75 bits per heavy atom. The maximum atomic E-state index is 13.8. The van der Waals surface area contributed by atoms with Crippen molar-refractivity contribution in [2.45, 2.75) is 27.7 Å². The van der Waals surface area contributed by atoms with Crippen molar-refractivity contribution in [1.82, 2.24) is 0 Å². The maximum absolute atomic E-state index is 13.8. The molecule has 1 nitrogen and oxygen atoms in total. The van der Waals surface area contributed by atoms with E-state index < -0.39 is 23.0 Å². The van der Waals surface area contributed by atoms with Gasteiger partial charge in [0.25, 0.3) is 0 Å². The van der Waals surface area contributed by atoms with Crippen LogP contribution in [-0.2, 0) is 0 Å². The number of hydrogen-bond donors (Lipinski definition) is 0. The van der Waals surface area contributed by atoms with Gasteiger partial charge in [-0.2, -0.15) is 0 Å². The van der Waals surface area contributed by atoms with Crippen LogP contribution in [0, 0.1) is 39.3 Å². The van der Waals surface area contributed by atoms with E-state index in [1.54, 1.807) is 13.8 Å². The minimum atomic E-state index is -0.826. The van der Waals surface area contributed by atoms with E-state index in [1.165, 1.54) is 6.07 Å². The highest BCUT2D eigenvalue weighted by Crippen LogP contribution is 2.26. The third kappa shape index (κ3) is 2.24. The lowest BCUT2D eigenvalue weighted by Gasteiger charge is -2.15. The molecule has 0 atom stereocenters. The quantitative estimate of drug-likeness (QED) is 0.740. The molecule has 0 saturated heterocycles. The first kappa shape index (κ1) is 14.4. The summed E-state index contributed by atoms with van der Waals surface area (Å²) in [6.45, 7) is 7.37. The Hall–Kier alpha value is -2.03. The summed E-state index contributed by atoms with van der Waals surface area (Å²) >= 11 is 0. The topological polar surface area (TPSA) is 17.1 Å². The van der Waals surface area contributed by atoms with Crippen LogP contribution < -0.4 is 0 Å². The molecule has 0 aromatic heterocycles. The molecule has 2 aromatic rings. The Labute approximate surface area is 117 Å². The number of aryl methyl sites for hydroxylation is 2. The van der Waals surface area contributed by atoms with Gasteiger partial charge in [0, 0.05) is 5.56 Å². The summed E-state index contributed by atoms with van der Waals surface area (Å²) in [4.78, 5) is 12.6. The van der Waals surface area contributed by atoms with Gasteiger partial charge < -0.3 is 0 Å². The first-order valence-corrected chi connectivity index (χ1v) is 6.40. The molecule has 0 bridgehead atoms. The maximum Gasteiger partial charge on any atom is 0.199 e. The third-order valence-electron chi connectivity index (χ3n) is 3.78. The van der Waals surface area contributed by atoms with Crippen LogP contribution in [0.15, 0.2) is 24.3 Å². The SMILES string of the molecule is Cc1cc(C)c(C)c(C(=O)c2c(F)cccc2F)c1C. The number of benzene rings is 2. The molecule has 0 spiro atoms. The van der Waals surface area contributed by atoms with E-state index >= 15 is 0 Å². The number of carbonyl (C=O) groups excluding carboxylic acids is 1. The van der Waals surface area contributed by atoms with Crippen LogP contribution in [0.5, 0.6) is 0 Å². The minimum absolute atomic E-state index is 0.395. The van der Waals surface area contributed by atoms with Gasteiger partial charge in [0.2, 0.25) is 0 Å². The molecule has 20 heavy (non-hydrogen) atoms. The molecule has 0 aliphatic rings. The summed E-state index contributed by atoms with van der Waals surface area (Å²) < 4.78 is 27.6. The Balaban J connectivity index is 2.72. The van der Waals surface area contributed by atoms with Gasteiger partial charge in [-0.3, -0.25) is 4.79 Å². The Morgan fingerprint density at radius 1 is 0.850 bits per heavy atom. The van der Waals surface area contributed by atoms with Crippen molar-refractivity contribution in [3.63, 3.8) is 0 Å². The Bertz CT molecular complexity index is 656. The van der Waals surface area contributed by atoms with E-state index in [0.717, 1.165) is 34.4 Å². The second-order valence-corrected chi connectivity index (χ2v) is 5.06.